The van der Waals surface area contributed by atoms with Crippen LogP contribution in [-0.4, -0.2) is 232 Å². The molecule has 2 aromatic carbocycles. The predicted octanol–water partition coefficient (Wildman–Crippen LogP) is 0.851. The topological polar surface area (TPSA) is 257 Å². The van der Waals surface area contributed by atoms with Crippen molar-refractivity contribution in [2.45, 2.75) is 48.1 Å². The zero-order chi connectivity index (χ0) is 53.6. The van der Waals surface area contributed by atoms with Gasteiger partial charge >= 0.3 is 12.1 Å². The van der Waals surface area contributed by atoms with Gasteiger partial charge in [-0.1, -0.05) is 19.1 Å². The Morgan fingerprint density at radius 3 is 2.09 bits per heavy atom. The number of carbonyl (C=O) groups is 4. The van der Waals surface area contributed by atoms with Crippen LogP contribution in [0.4, 0.5) is 15.3 Å². The molecule has 0 spiro atoms. The van der Waals surface area contributed by atoms with Crippen molar-refractivity contribution in [3.8, 4) is 11.5 Å². The van der Waals surface area contributed by atoms with Crippen molar-refractivity contribution < 1.29 is 61.8 Å². The van der Waals surface area contributed by atoms with Gasteiger partial charge < -0.3 is 79.0 Å². The fourth-order valence-corrected chi connectivity index (χ4v) is 10.4. The summed E-state index contributed by atoms with van der Waals surface area (Å²) in [6, 6.07) is 14.2. The van der Waals surface area contributed by atoms with Crippen molar-refractivity contribution in [3.63, 3.8) is 0 Å². The van der Waals surface area contributed by atoms with Crippen molar-refractivity contribution in [1.82, 2.24) is 52.4 Å². The zero-order valence-electron chi connectivity index (χ0n) is 44.2. The van der Waals surface area contributed by atoms with E-state index in [4.69, 9.17) is 42.6 Å². The number of likely N-dealkylation sites (N-methyl/N-ethyl adjacent to an activating group) is 1. The average Bonchev–Trinajstić information content (AvgIpc) is 4.08. The number of urea groups is 2. The van der Waals surface area contributed by atoms with Crippen LogP contribution >= 0.6 is 23.5 Å². The fraction of sp³-hybridized carbons (Fsp3) is 0.680. The van der Waals surface area contributed by atoms with Crippen LogP contribution in [0.2, 0.25) is 0 Å². The van der Waals surface area contributed by atoms with Gasteiger partial charge in [-0.25, -0.2) is 20.0 Å². The number of rotatable bonds is 36. The third-order valence-corrected chi connectivity index (χ3v) is 15.2. The second-order valence-corrected chi connectivity index (χ2v) is 21.0. The number of nitrogens with one attached hydrogen (secondary N) is 8. The maximum absolute atomic E-state index is 13.3. The summed E-state index contributed by atoms with van der Waals surface area (Å²) in [5, 5.41) is 19.1. The molecule has 0 saturated carbocycles. The first-order valence-electron chi connectivity index (χ1n) is 26.1. The molecule has 4 heterocycles. The highest BCUT2D eigenvalue weighted by atomic mass is 32.2. The van der Waals surface area contributed by atoms with E-state index in [0.717, 1.165) is 49.8 Å². The Hall–Kier alpha value is -4.26. The van der Waals surface area contributed by atoms with Crippen molar-refractivity contribution in [3.05, 3.63) is 54.1 Å². The number of hydrogen-bond acceptors (Lipinski definition) is 20. The van der Waals surface area contributed by atoms with Gasteiger partial charge in [-0.3, -0.25) is 14.9 Å². The molecule has 4 fully saturated rings. The van der Waals surface area contributed by atoms with Gasteiger partial charge in [-0.2, -0.15) is 5.53 Å². The summed E-state index contributed by atoms with van der Waals surface area (Å²) in [5.74, 6) is 2.29. The van der Waals surface area contributed by atoms with Crippen LogP contribution in [0.5, 0.6) is 11.5 Å². The number of amides is 6. The number of carbonyl (C=O) groups excluding carboxylic acids is 4. The largest absolute Gasteiger partial charge is 0.497 e. The molecule has 0 aliphatic carbocycles. The lowest BCUT2D eigenvalue weighted by molar-refractivity contribution is -0.133. The summed E-state index contributed by atoms with van der Waals surface area (Å²) in [6.45, 7) is 13.9. The first-order chi connectivity index (χ1) is 37.1. The Morgan fingerprint density at radius 2 is 1.41 bits per heavy atom. The lowest BCUT2D eigenvalue weighted by atomic mass is 10.1. The van der Waals surface area contributed by atoms with Crippen LogP contribution < -0.4 is 52.3 Å². The number of anilines is 1. The Kier molecular flexibility index (Phi) is 28.3. The van der Waals surface area contributed by atoms with Gasteiger partial charge in [0.2, 0.25) is 11.8 Å². The van der Waals surface area contributed by atoms with E-state index in [9.17, 15) is 19.2 Å². The van der Waals surface area contributed by atoms with Crippen molar-refractivity contribution >= 4 is 53.1 Å². The van der Waals surface area contributed by atoms with Crippen LogP contribution in [-0.2, 0) is 49.3 Å². The van der Waals surface area contributed by atoms with Crippen molar-refractivity contribution in [2.24, 2.45) is 5.92 Å². The standard InChI is InChI=1S/C50H81N11O13S2/c1-37-31-52-48(64)55-47(37)76-44(46(63)51-32-38-4-8-42(66-3)9-5-38)35-73-27-25-69-19-18-67-17-16-61-33-41(57-58-61)34-72-26-24-70-21-20-68-22-23-71-28-29-74-43-10-6-39(7-11-43)53-49(65)56-50-54-40(36-75-50)30-45(62)60-14-12-59(2)13-15-60/h4-11,37,40-41,44,47,50,54,57-58H,12-36H2,1-3H3,(H,51,63)(H2,52,55,64)(H2,53,56,65)/t37?,40?,41?,44-,47?,50?/m0/s1. The summed E-state index contributed by atoms with van der Waals surface area (Å²) in [7, 11) is 3.68. The number of benzene rings is 2. The third-order valence-electron chi connectivity index (χ3n) is 12.4. The third kappa shape index (κ3) is 23.8. The van der Waals surface area contributed by atoms with Crippen molar-refractivity contribution in [1.29, 1.82) is 0 Å². The molecule has 6 amide bonds. The van der Waals surface area contributed by atoms with Crippen LogP contribution in [0.15, 0.2) is 48.5 Å². The smallest absolute Gasteiger partial charge is 0.321 e. The Labute approximate surface area is 455 Å². The summed E-state index contributed by atoms with van der Waals surface area (Å²) in [5.41, 5.74) is 7.70. The molecule has 2 aromatic rings. The lowest BCUT2D eigenvalue weighted by Crippen LogP contribution is -2.54. The van der Waals surface area contributed by atoms with Gasteiger partial charge in [0.15, 0.2) is 0 Å². The molecule has 4 aliphatic rings. The molecule has 5 unspecified atom stereocenters. The van der Waals surface area contributed by atoms with E-state index >= 15 is 0 Å². The second kappa shape index (κ2) is 35.3. The molecule has 26 heteroatoms. The molecule has 4 saturated heterocycles. The number of hydrazine groups is 2. The zero-order valence-corrected chi connectivity index (χ0v) is 45.9. The predicted molar refractivity (Wildman–Crippen MR) is 289 cm³/mol. The maximum atomic E-state index is 13.3. The van der Waals surface area contributed by atoms with Crippen LogP contribution in [0.25, 0.3) is 0 Å². The number of ether oxygens (including phenoxy) is 9. The monoisotopic (exact) mass is 1110 g/mol. The van der Waals surface area contributed by atoms with Crippen LogP contribution in [0.1, 0.15) is 18.9 Å². The minimum atomic E-state index is -0.530. The lowest BCUT2D eigenvalue weighted by Gasteiger charge is -2.33. The quantitative estimate of drug-likeness (QED) is 0.0440. The van der Waals surface area contributed by atoms with Gasteiger partial charge in [0.05, 0.1) is 111 Å². The van der Waals surface area contributed by atoms with E-state index in [1.807, 2.05) is 41.1 Å². The first-order valence-corrected chi connectivity index (χ1v) is 28.1. The highest BCUT2D eigenvalue weighted by Crippen LogP contribution is 2.25. The van der Waals surface area contributed by atoms with E-state index in [2.05, 4.69) is 54.8 Å². The maximum Gasteiger partial charge on any atom is 0.321 e. The number of methoxy groups -OCH3 is 1. The Bertz CT molecular complexity index is 1980. The molecule has 0 aromatic heterocycles. The van der Waals surface area contributed by atoms with E-state index < -0.39 is 5.25 Å². The Morgan fingerprint density at radius 1 is 0.776 bits per heavy atom. The number of hydrogen-bond donors (Lipinski definition) is 8. The van der Waals surface area contributed by atoms with Gasteiger partial charge in [-0.05, 0) is 49.0 Å². The molecule has 76 heavy (non-hydrogen) atoms. The van der Waals surface area contributed by atoms with Crippen LogP contribution in [0, 0.1) is 5.92 Å². The molecule has 6 atom stereocenters. The molecular formula is C50H81N11O13S2. The normalized spacial score (nSPS) is 21.4. The molecular weight excluding hydrogens is 1030 g/mol. The second-order valence-electron chi connectivity index (χ2n) is 18.5. The van der Waals surface area contributed by atoms with E-state index in [-0.39, 0.29) is 59.4 Å². The summed E-state index contributed by atoms with van der Waals surface area (Å²) in [6.07, 6.45) is 0.428. The van der Waals surface area contributed by atoms with Gasteiger partial charge in [0.25, 0.3) is 0 Å². The van der Waals surface area contributed by atoms with Crippen molar-refractivity contribution in [2.75, 3.05) is 170 Å². The molecule has 8 N–H and O–H groups in total. The Balaban J connectivity index is 0.673. The molecule has 426 valence electrons. The fourth-order valence-electron chi connectivity index (χ4n) is 7.98. The van der Waals surface area contributed by atoms with Gasteiger partial charge in [0.1, 0.15) is 28.9 Å². The first kappa shape index (κ1) is 61.0. The van der Waals surface area contributed by atoms with Gasteiger partial charge in [0, 0.05) is 82.2 Å². The molecule has 24 nitrogen and oxygen atoms in total. The summed E-state index contributed by atoms with van der Waals surface area (Å²) < 4.78 is 50.9. The molecule has 4 aliphatic heterocycles. The number of piperazine rings is 1. The van der Waals surface area contributed by atoms with E-state index in [0.29, 0.717) is 130 Å². The molecule has 6 rings (SSSR count). The number of nitrogens with zero attached hydrogens (tertiary/aromatic N) is 3. The number of thioether (sulfide) groups is 2. The van der Waals surface area contributed by atoms with Gasteiger partial charge in [-0.15, -0.1) is 23.5 Å². The van der Waals surface area contributed by atoms with E-state index in [1.165, 1.54) is 11.8 Å². The van der Waals surface area contributed by atoms with E-state index in [1.54, 1.807) is 43.1 Å². The summed E-state index contributed by atoms with van der Waals surface area (Å²) >= 11 is 2.98. The average molecular weight is 1110 g/mol. The molecule has 0 radical (unpaired) electrons. The molecule has 0 bridgehead atoms. The highest BCUT2D eigenvalue weighted by molar-refractivity contribution is 8.01. The minimum Gasteiger partial charge on any atom is -0.497 e. The highest BCUT2D eigenvalue weighted by Gasteiger charge is 2.32. The minimum absolute atomic E-state index is 0.0235. The summed E-state index contributed by atoms with van der Waals surface area (Å²) in [4.78, 5) is 54.7. The van der Waals surface area contributed by atoms with Crippen LogP contribution in [0.3, 0.4) is 0 Å². The SMILES string of the molecule is COc1ccc(CNC(=O)[C@H](COCCOCCOCCN2CC(COCCOCCOCCOCCOc3ccc(NC(=O)NC4NC(CC(=O)N5CCN(C)CC5)CS4)cc3)NN2)SC2NC(=O)NCC2C)cc1.